The van der Waals surface area contributed by atoms with Crippen LogP contribution in [0.5, 0.6) is 0 Å². The highest BCUT2D eigenvalue weighted by atomic mass is 19.1. The zero-order chi connectivity index (χ0) is 18.2. The van der Waals surface area contributed by atoms with Gasteiger partial charge in [0.15, 0.2) is 0 Å². The molecule has 0 aromatic heterocycles. The van der Waals surface area contributed by atoms with Crippen LogP contribution in [-0.2, 0) is 14.3 Å². The summed E-state index contributed by atoms with van der Waals surface area (Å²) in [6.45, 7) is 1.94. The maximum Gasteiger partial charge on any atom is 0.230 e. The zero-order valence-corrected chi connectivity index (χ0v) is 14.8. The van der Waals surface area contributed by atoms with Crippen LogP contribution in [0.3, 0.4) is 0 Å². The predicted octanol–water partition coefficient (Wildman–Crippen LogP) is 2.44. The Balaban J connectivity index is 1.99. The van der Waals surface area contributed by atoms with E-state index >= 15 is 0 Å². The lowest BCUT2D eigenvalue weighted by Crippen LogP contribution is -2.33. The summed E-state index contributed by atoms with van der Waals surface area (Å²) in [5.41, 5.74) is 0.677. The fraction of sp³-hybridized carbons (Fsp3) is 0.632. The summed E-state index contributed by atoms with van der Waals surface area (Å²) in [5, 5.41) is 11.4. The third-order valence-electron chi connectivity index (χ3n) is 3.79. The maximum absolute atomic E-state index is 13.1. The molecule has 1 aromatic carbocycles. The Hall–Kier alpha value is -1.50. The van der Waals surface area contributed by atoms with E-state index in [-0.39, 0.29) is 12.5 Å². The lowest BCUT2D eigenvalue weighted by atomic mass is 10.00. The SMILES string of the molecule is O=C(NCCOCCOCCCCCCO)[C@@H](CF)c1ccccc1. The lowest BCUT2D eigenvalue weighted by Gasteiger charge is -2.14. The van der Waals surface area contributed by atoms with E-state index < -0.39 is 12.6 Å². The number of ether oxygens (including phenoxy) is 2. The quantitative estimate of drug-likeness (QED) is 0.474. The molecule has 142 valence electrons. The molecule has 6 heteroatoms. The molecule has 1 amide bonds. The van der Waals surface area contributed by atoms with Gasteiger partial charge >= 0.3 is 0 Å². The van der Waals surface area contributed by atoms with Gasteiger partial charge in [-0.2, -0.15) is 0 Å². The van der Waals surface area contributed by atoms with Crippen LogP contribution in [0.25, 0.3) is 0 Å². The van der Waals surface area contributed by atoms with Crippen molar-refractivity contribution < 1.29 is 23.8 Å². The number of unbranched alkanes of at least 4 members (excludes halogenated alkanes) is 3. The van der Waals surface area contributed by atoms with Gasteiger partial charge in [-0.05, 0) is 18.4 Å². The fourth-order valence-corrected chi connectivity index (χ4v) is 2.36. The van der Waals surface area contributed by atoms with Crippen molar-refractivity contribution in [1.82, 2.24) is 5.32 Å². The van der Waals surface area contributed by atoms with E-state index in [0.717, 1.165) is 25.7 Å². The van der Waals surface area contributed by atoms with Crippen molar-refractivity contribution >= 4 is 5.91 Å². The van der Waals surface area contributed by atoms with Gasteiger partial charge in [0, 0.05) is 19.8 Å². The van der Waals surface area contributed by atoms with Crippen LogP contribution in [-0.4, -0.2) is 57.3 Å². The first-order valence-electron chi connectivity index (χ1n) is 8.94. The topological polar surface area (TPSA) is 67.8 Å². The Kier molecular flexibility index (Phi) is 12.8. The molecule has 0 heterocycles. The second-order valence-corrected chi connectivity index (χ2v) is 5.77. The second-order valence-electron chi connectivity index (χ2n) is 5.77. The van der Waals surface area contributed by atoms with Crippen molar-refractivity contribution in [1.29, 1.82) is 0 Å². The van der Waals surface area contributed by atoms with Crippen molar-refractivity contribution in [3.63, 3.8) is 0 Å². The summed E-state index contributed by atoms with van der Waals surface area (Å²) in [4.78, 5) is 12.0. The molecule has 0 aliphatic heterocycles. The molecule has 1 atom stereocenters. The number of carbonyl (C=O) groups is 1. The van der Waals surface area contributed by atoms with Crippen LogP contribution < -0.4 is 5.32 Å². The average molecular weight is 355 g/mol. The van der Waals surface area contributed by atoms with E-state index in [2.05, 4.69) is 5.32 Å². The van der Waals surface area contributed by atoms with E-state index in [4.69, 9.17) is 14.6 Å². The van der Waals surface area contributed by atoms with Gasteiger partial charge in [-0.3, -0.25) is 4.79 Å². The number of carbonyl (C=O) groups excluding carboxylic acids is 1. The van der Waals surface area contributed by atoms with E-state index in [9.17, 15) is 9.18 Å². The Morgan fingerprint density at radius 3 is 2.36 bits per heavy atom. The van der Waals surface area contributed by atoms with Crippen molar-refractivity contribution in [3.8, 4) is 0 Å². The van der Waals surface area contributed by atoms with Crippen LogP contribution in [0.4, 0.5) is 4.39 Å². The number of alkyl halides is 1. The largest absolute Gasteiger partial charge is 0.396 e. The van der Waals surface area contributed by atoms with E-state index in [1.807, 2.05) is 6.07 Å². The second kappa shape index (κ2) is 14.8. The molecule has 0 saturated carbocycles. The van der Waals surface area contributed by atoms with Gasteiger partial charge in [-0.15, -0.1) is 0 Å². The Labute approximate surface area is 149 Å². The monoisotopic (exact) mass is 355 g/mol. The minimum absolute atomic E-state index is 0.253. The summed E-state index contributed by atoms with van der Waals surface area (Å²) >= 11 is 0. The number of aliphatic hydroxyl groups excluding tert-OH is 1. The summed E-state index contributed by atoms with van der Waals surface area (Å²) < 4.78 is 23.9. The maximum atomic E-state index is 13.1. The minimum atomic E-state index is -0.768. The normalized spacial score (nSPS) is 12.1. The number of halogens is 1. The number of aliphatic hydroxyl groups is 1. The van der Waals surface area contributed by atoms with Crippen molar-refractivity contribution in [3.05, 3.63) is 35.9 Å². The standard InChI is InChI=1S/C19H30FNO4/c20-16-18(17-8-4-3-5-9-17)19(23)21-10-13-25-15-14-24-12-7-2-1-6-11-22/h3-5,8-9,18,22H,1-2,6-7,10-16H2,(H,21,23)/t18-/m0/s1. The van der Waals surface area contributed by atoms with Crippen LogP contribution in [0.2, 0.25) is 0 Å². The third-order valence-corrected chi connectivity index (χ3v) is 3.79. The molecule has 1 rings (SSSR count). The summed E-state index contributed by atoms with van der Waals surface area (Å²) in [6, 6.07) is 8.92. The Morgan fingerprint density at radius 1 is 1.00 bits per heavy atom. The molecule has 0 unspecified atom stereocenters. The Bertz CT molecular complexity index is 444. The lowest BCUT2D eigenvalue weighted by molar-refractivity contribution is -0.123. The van der Waals surface area contributed by atoms with E-state index in [0.29, 0.717) is 38.5 Å². The fourth-order valence-electron chi connectivity index (χ4n) is 2.36. The molecule has 1 aromatic rings. The summed E-state index contributed by atoms with van der Waals surface area (Å²) in [7, 11) is 0. The highest BCUT2D eigenvalue weighted by molar-refractivity contribution is 5.83. The van der Waals surface area contributed by atoms with Crippen molar-refractivity contribution in [2.24, 2.45) is 0 Å². The highest BCUT2D eigenvalue weighted by Gasteiger charge is 2.19. The molecule has 0 fully saturated rings. The first-order valence-corrected chi connectivity index (χ1v) is 8.94. The predicted molar refractivity (Wildman–Crippen MR) is 95.4 cm³/mol. The van der Waals surface area contributed by atoms with Crippen molar-refractivity contribution in [2.45, 2.75) is 31.6 Å². The molecule has 0 spiro atoms. The van der Waals surface area contributed by atoms with Crippen LogP contribution >= 0.6 is 0 Å². The minimum Gasteiger partial charge on any atom is -0.396 e. The van der Waals surface area contributed by atoms with E-state index in [1.54, 1.807) is 24.3 Å². The molecule has 0 aliphatic carbocycles. The first-order chi connectivity index (χ1) is 12.3. The number of amides is 1. The van der Waals surface area contributed by atoms with Crippen molar-refractivity contribution in [2.75, 3.05) is 46.3 Å². The molecule has 2 N–H and O–H groups in total. The molecule has 0 bridgehead atoms. The van der Waals surface area contributed by atoms with Gasteiger partial charge in [0.05, 0.1) is 25.7 Å². The molecule has 0 radical (unpaired) electrons. The molecular formula is C19H30FNO4. The van der Waals surface area contributed by atoms with Crippen LogP contribution in [0, 0.1) is 0 Å². The summed E-state index contributed by atoms with van der Waals surface area (Å²) in [6.07, 6.45) is 3.92. The van der Waals surface area contributed by atoms with Gasteiger partial charge < -0.3 is 19.9 Å². The zero-order valence-electron chi connectivity index (χ0n) is 14.8. The van der Waals surface area contributed by atoms with Gasteiger partial charge in [-0.25, -0.2) is 4.39 Å². The molecule has 5 nitrogen and oxygen atoms in total. The van der Waals surface area contributed by atoms with Crippen LogP contribution in [0.1, 0.15) is 37.2 Å². The summed E-state index contributed by atoms with van der Waals surface area (Å²) in [5.74, 6) is -1.09. The Morgan fingerprint density at radius 2 is 1.68 bits per heavy atom. The number of nitrogens with one attached hydrogen (secondary N) is 1. The first kappa shape index (κ1) is 21.5. The molecular weight excluding hydrogens is 325 g/mol. The number of hydrogen-bond acceptors (Lipinski definition) is 4. The smallest absolute Gasteiger partial charge is 0.230 e. The van der Waals surface area contributed by atoms with E-state index in [1.165, 1.54) is 0 Å². The van der Waals surface area contributed by atoms with Gasteiger partial charge in [0.2, 0.25) is 5.91 Å². The molecule has 25 heavy (non-hydrogen) atoms. The average Bonchev–Trinajstić information content (AvgIpc) is 2.64. The highest BCUT2D eigenvalue weighted by Crippen LogP contribution is 2.15. The van der Waals surface area contributed by atoms with Crippen LogP contribution in [0.15, 0.2) is 30.3 Å². The van der Waals surface area contributed by atoms with Gasteiger partial charge in [0.1, 0.15) is 6.67 Å². The van der Waals surface area contributed by atoms with Gasteiger partial charge in [-0.1, -0.05) is 43.2 Å². The number of benzene rings is 1. The number of rotatable bonds is 15. The van der Waals surface area contributed by atoms with Gasteiger partial charge in [0.25, 0.3) is 0 Å². The third kappa shape index (κ3) is 10.2. The molecule has 0 saturated heterocycles. The molecule has 0 aliphatic rings. The number of hydrogen-bond donors (Lipinski definition) is 2.